The van der Waals surface area contributed by atoms with Gasteiger partial charge in [-0.1, -0.05) is 13.8 Å². The molecule has 1 aromatic heterocycles. The van der Waals surface area contributed by atoms with Gasteiger partial charge in [0.25, 0.3) is 0 Å². The van der Waals surface area contributed by atoms with Crippen LogP contribution in [0.4, 0.5) is 4.39 Å². The minimum absolute atomic E-state index is 0. The van der Waals surface area contributed by atoms with Gasteiger partial charge in [0.1, 0.15) is 5.82 Å². The van der Waals surface area contributed by atoms with Gasteiger partial charge < -0.3 is 20.4 Å². The van der Waals surface area contributed by atoms with Gasteiger partial charge in [-0.05, 0) is 43.0 Å². The maximum absolute atomic E-state index is 13.3. The second kappa shape index (κ2) is 8.57. The van der Waals surface area contributed by atoms with Crippen molar-refractivity contribution < 1.29 is 9.13 Å². The van der Waals surface area contributed by atoms with E-state index in [1.54, 1.807) is 0 Å². The monoisotopic (exact) mass is 500 g/mol. The lowest BCUT2D eigenvalue weighted by Crippen LogP contribution is -2.71. The summed E-state index contributed by atoms with van der Waals surface area (Å²) < 4.78 is 19.3. The number of hydrogen-bond donors (Lipinski definition) is 3. The van der Waals surface area contributed by atoms with Crippen LogP contribution in [0.2, 0.25) is 0 Å². The Morgan fingerprint density at radius 2 is 2.21 bits per heavy atom. The van der Waals surface area contributed by atoms with Crippen LogP contribution in [0.3, 0.4) is 0 Å². The van der Waals surface area contributed by atoms with Crippen LogP contribution in [-0.4, -0.2) is 43.3 Å². The number of rotatable bonds is 4. The predicted molar refractivity (Wildman–Crippen MR) is 122 cm³/mol. The largest absolute Gasteiger partial charge is 0.377 e. The smallest absolute Gasteiger partial charge is 0.191 e. The molecule has 1 aliphatic carbocycles. The molecule has 2 heterocycles. The standard InChI is InChI=1S/C21H29FN4O.HI/c1-21(2)18(16-5-4-10-27-19(16)21)26-20(23-3)24-9-8-13-12-25-17-11-14(22)6-7-15(13)17;/h6-7,11-12,16,18-19,25H,4-5,8-10H2,1-3H3,(H2,23,24,26);1H. The van der Waals surface area contributed by atoms with Crippen LogP contribution in [0.15, 0.2) is 29.4 Å². The molecule has 1 aliphatic heterocycles. The number of hydrogen-bond acceptors (Lipinski definition) is 2. The minimum atomic E-state index is -0.216. The summed E-state index contributed by atoms with van der Waals surface area (Å²) in [7, 11) is 1.81. The van der Waals surface area contributed by atoms with Crippen LogP contribution < -0.4 is 10.6 Å². The average Bonchev–Trinajstić information content (AvgIpc) is 3.06. The van der Waals surface area contributed by atoms with E-state index in [1.807, 2.05) is 19.3 Å². The van der Waals surface area contributed by atoms with Crippen molar-refractivity contribution in [3.8, 4) is 0 Å². The molecule has 4 rings (SSSR count). The number of benzene rings is 1. The molecule has 28 heavy (non-hydrogen) atoms. The van der Waals surface area contributed by atoms with Gasteiger partial charge in [-0.25, -0.2) is 4.39 Å². The van der Waals surface area contributed by atoms with Gasteiger partial charge in [0.2, 0.25) is 0 Å². The van der Waals surface area contributed by atoms with Crippen molar-refractivity contribution in [1.82, 2.24) is 15.6 Å². The van der Waals surface area contributed by atoms with Crippen molar-refractivity contribution in [2.45, 2.75) is 45.3 Å². The summed E-state index contributed by atoms with van der Waals surface area (Å²) in [6.07, 6.45) is 5.52. The highest BCUT2D eigenvalue weighted by Crippen LogP contribution is 2.51. The first-order valence-corrected chi connectivity index (χ1v) is 9.85. The first-order valence-electron chi connectivity index (χ1n) is 9.85. The summed E-state index contributed by atoms with van der Waals surface area (Å²) in [6.45, 7) is 6.20. The number of nitrogens with zero attached hydrogens (tertiary/aromatic N) is 1. The van der Waals surface area contributed by atoms with Crippen LogP contribution in [0.25, 0.3) is 10.9 Å². The van der Waals surface area contributed by atoms with E-state index in [2.05, 4.69) is 34.5 Å². The van der Waals surface area contributed by atoms with Gasteiger partial charge >= 0.3 is 0 Å². The van der Waals surface area contributed by atoms with E-state index in [4.69, 9.17) is 4.74 Å². The summed E-state index contributed by atoms with van der Waals surface area (Å²) in [4.78, 5) is 7.55. The van der Waals surface area contributed by atoms with Crippen molar-refractivity contribution in [2.75, 3.05) is 20.2 Å². The van der Waals surface area contributed by atoms with Gasteiger partial charge in [-0.2, -0.15) is 0 Å². The highest BCUT2D eigenvalue weighted by Gasteiger charge is 2.58. The van der Waals surface area contributed by atoms with E-state index in [9.17, 15) is 4.39 Å². The zero-order valence-corrected chi connectivity index (χ0v) is 19.0. The normalized spacial score (nSPS) is 26.1. The summed E-state index contributed by atoms with van der Waals surface area (Å²) in [6, 6.07) is 5.26. The van der Waals surface area contributed by atoms with Gasteiger partial charge in [0.15, 0.2) is 5.96 Å². The van der Waals surface area contributed by atoms with Crippen molar-refractivity contribution in [1.29, 1.82) is 0 Å². The second-order valence-corrected chi connectivity index (χ2v) is 8.29. The van der Waals surface area contributed by atoms with E-state index in [-0.39, 0.29) is 35.2 Å². The van der Waals surface area contributed by atoms with Crippen molar-refractivity contribution in [3.05, 3.63) is 35.8 Å². The Morgan fingerprint density at radius 3 is 3.00 bits per heavy atom. The number of aromatic nitrogens is 1. The fraction of sp³-hybridized carbons (Fsp3) is 0.571. The molecule has 0 amide bonds. The molecule has 0 bridgehead atoms. The fourth-order valence-corrected chi connectivity index (χ4v) is 4.84. The molecule has 3 atom stereocenters. The van der Waals surface area contributed by atoms with Crippen LogP contribution in [-0.2, 0) is 11.2 Å². The van der Waals surface area contributed by atoms with Crippen molar-refractivity contribution >= 4 is 40.8 Å². The van der Waals surface area contributed by atoms with E-state index >= 15 is 0 Å². The van der Waals surface area contributed by atoms with Gasteiger partial charge in [-0.15, -0.1) is 24.0 Å². The van der Waals surface area contributed by atoms with E-state index in [1.165, 1.54) is 24.1 Å². The molecular weight excluding hydrogens is 470 g/mol. The molecule has 1 saturated heterocycles. The van der Waals surface area contributed by atoms with Gasteiger partial charge in [0, 0.05) is 54.7 Å². The molecule has 5 nitrogen and oxygen atoms in total. The Kier molecular flexibility index (Phi) is 6.54. The number of nitrogens with one attached hydrogen (secondary N) is 3. The quantitative estimate of drug-likeness (QED) is 0.340. The molecule has 2 aliphatic rings. The van der Waals surface area contributed by atoms with Crippen LogP contribution >= 0.6 is 24.0 Å². The Bertz CT molecular complexity index is 850. The van der Waals surface area contributed by atoms with E-state index in [0.29, 0.717) is 18.1 Å². The molecule has 3 N–H and O–H groups in total. The topological polar surface area (TPSA) is 61.4 Å². The Balaban J connectivity index is 0.00000225. The Morgan fingerprint density at radius 1 is 1.39 bits per heavy atom. The predicted octanol–water partition coefficient (Wildman–Crippen LogP) is 3.84. The lowest BCUT2D eigenvalue weighted by molar-refractivity contribution is -0.188. The number of guanidine groups is 1. The summed E-state index contributed by atoms with van der Waals surface area (Å²) >= 11 is 0. The lowest BCUT2D eigenvalue weighted by atomic mass is 9.55. The van der Waals surface area contributed by atoms with Crippen LogP contribution in [0, 0.1) is 17.2 Å². The molecule has 0 radical (unpaired) electrons. The van der Waals surface area contributed by atoms with Gasteiger partial charge in [0.05, 0.1) is 6.10 Å². The first kappa shape index (κ1) is 21.4. The SMILES string of the molecule is CN=C(NCCc1c[nH]c2cc(F)ccc12)NC1C2CCCOC2C1(C)C.I. The summed E-state index contributed by atoms with van der Waals surface area (Å²) in [5, 5.41) is 8.12. The van der Waals surface area contributed by atoms with Crippen molar-refractivity contribution in [2.24, 2.45) is 16.3 Å². The molecular formula is C21H30FIN4O. The Labute approximate surface area is 182 Å². The highest BCUT2D eigenvalue weighted by molar-refractivity contribution is 14.0. The molecule has 154 valence electrons. The molecule has 1 aromatic carbocycles. The third kappa shape index (κ3) is 3.87. The average molecular weight is 500 g/mol. The van der Waals surface area contributed by atoms with Gasteiger partial charge in [-0.3, -0.25) is 4.99 Å². The number of aliphatic imine (C=N–C) groups is 1. The van der Waals surface area contributed by atoms with E-state index < -0.39 is 0 Å². The number of aromatic amines is 1. The molecule has 2 fully saturated rings. The number of ether oxygens (including phenoxy) is 1. The summed E-state index contributed by atoms with van der Waals surface area (Å²) in [5.41, 5.74) is 2.13. The number of halogens is 2. The third-order valence-electron chi connectivity index (χ3n) is 6.26. The minimum Gasteiger partial charge on any atom is -0.377 e. The fourth-order valence-electron chi connectivity index (χ4n) is 4.84. The van der Waals surface area contributed by atoms with E-state index in [0.717, 1.165) is 42.9 Å². The number of fused-ring (bicyclic) bond motifs is 2. The van der Waals surface area contributed by atoms with Crippen molar-refractivity contribution in [3.63, 3.8) is 0 Å². The molecule has 0 spiro atoms. The Hall–Kier alpha value is -1.35. The number of H-pyrrole nitrogens is 1. The van der Waals surface area contributed by atoms with Crippen LogP contribution in [0.5, 0.6) is 0 Å². The third-order valence-corrected chi connectivity index (χ3v) is 6.26. The highest BCUT2D eigenvalue weighted by atomic mass is 127. The zero-order valence-electron chi connectivity index (χ0n) is 16.7. The molecule has 7 heteroatoms. The first-order chi connectivity index (χ1) is 13.0. The summed E-state index contributed by atoms with van der Waals surface area (Å²) in [5.74, 6) is 1.19. The molecule has 1 saturated carbocycles. The zero-order chi connectivity index (χ0) is 19.0. The van der Waals surface area contributed by atoms with Crippen LogP contribution in [0.1, 0.15) is 32.3 Å². The molecule has 3 unspecified atom stereocenters. The maximum atomic E-state index is 13.3. The second-order valence-electron chi connectivity index (χ2n) is 8.29. The maximum Gasteiger partial charge on any atom is 0.191 e. The molecule has 2 aromatic rings. The lowest BCUT2D eigenvalue weighted by Gasteiger charge is -2.60.